The molecule has 3 N–H and O–H groups in total. The van der Waals surface area contributed by atoms with E-state index in [1.54, 1.807) is 10.6 Å². The number of aromatic carboxylic acids is 1. The molecule has 0 radical (unpaired) electrons. The van der Waals surface area contributed by atoms with Crippen LogP contribution in [0.3, 0.4) is 0 Å². The van der Waals surface area contributed by atoms with Gasteiger partial charge in [-0.1, -0.05) is 48.6 Å². The Morgan fingerprint density at radius 2 is 1.91 bits per heavy atom. The van der Waals surface area contributed by atoms with E-state index in [4.69, 9.17) is 18.0 Å². The van der Waals surface area contributed by atoms with Crippen LogP contribution >= 0.6 is 12.2 Å². The monoisotopic (exact) mass is 310 g/mol. The molecule has 0 unspecified atom stereocenters. The summed E-state index contributed by atoms with van der Waals surface area (Å²) in [5.74, 6) is -0.943. The molecule has 0 aliphatic carbocycles. The smallest absolute Gasteiger partial charge is 0.352 e. The van der Waals surface area contributed by atoms with Crippen LogP contribution in [0.2, 0.25) is 0 Å². The van der Waals surface area contributed by atoms with Crippen molar-refractivity contribution in [1.82, 2.24) is 4.57 Å². The number of benzene rings is 2. The van der Waals surface area contributed by atoms with Crippen LogP contribution in [0.25, 0.3) is 10.9 Å². The third-order valence-electron chi connectivity index (χ3n) is 3.58. The predicted octanol–water partition coefficient (Wildman–Crippen LogP) is 3.02. The second kappa shape index (κ2) is 5.61. The molecule has 3 rings (SSSR count). The summed E-state index contributed by atoms with van der Waals surface area (Å²) in [6.07, 6.45) is 0. The first-order chi connectivity index (χ1) is 10.6. The third kappa shape index (κ3) is 2.58. The number of rotatable bonds is 4. The zero-order chi connectivity index (χ0) is 15.7. The molecule has 0 spiro atoms. The Bertz CT molecular complexity index is 883. The minimum absolute atomic E-state index is 0.266. The zero-order valence-electron chi connectivity index (χ0n) is 11.7. The van der Waals surface area contributed by atoms with E-state index in [0.717, 1.165) is 22.0 Å². The molecule has 0 bridgehead atoms. The van der Waals surface area contributed by atoms with E-state index in [1.807, 2.05) is 48.5 Å². The fourth-order valence-electron chi connectivity index (χ4n) is 2.56. The standard InChI is InChI=1S/C17H14N2O2S/c18-16(22)13-6-3-4-11(8-13)10-19-14-7-2-1-5-12(14)9-15(19)17(20)21/h1-9H,10H2,(H2,18,22)(H,20,21). The van der Waals surface area contributed by atoms with E-state index in [1.165, 1.54) is 0 Å². The highest BCUT2D eigenvalue weighted by molar-refractivity contribution is 7.80. The Hall–Kier alpha value is -2.66. The summed E-state index contributed by atoms with van der Waals surface area (Å²) >= 11 is 4.99. The van der Waals surface area contributed by atoms with Gasteiger partial charge in [0.2, 0.25) is 0 Å². The number of nitrogens with two attached hydrogens (primary N) is 1. The summed E-state index contributed by atoms with van der Waals surface area (Å²) in [5, 5.41) is 10.3. The van der Waals surface area contributed by atoms with Gasteiger partial charge in [0.05, 0.1) is 0 Å². The van der Waals surface area contributed by atoms with Crippen LogP contribution in [0.15, 0.2) is 54.6 Å². The molecule has 22 heavy (non-hydrogen) atoms. The number of thiocarbonyl (C=S) groups is 1. The number of carbonyl (C=O) groups is 1. The lowest BCUT2D eigenvalue weighted by Gasteiger charge is -2.10. The highest BCUT2D eigenvalue weighted by Crippen LogP contribution is 2.21. The normalized spacial score (nSPS) is 10.7. The molecule has 5 heteroatoms. The fourth-order valence-corrected chi connectivity index (χ4v) is 2.69. The minimum atomic E-state index is -0.943. The molecule has 0 aliphatic heterocycles. The van der Waals surface area contributed by atoms with E-state index < -0.39 is 5.97 Å². The van der Waals surface area contributed by atoms with Crippen LogP contribution in [-0.2, 0) is 6.54 Å². The number of hydrogen-bond acceptors (Lipinski definition) is 2. The molecule has 0 aliphatic rings. The molecule has 0 saturated carbocycles. The second-order valence-corrected chi connectivity index (χ2v) is 5.48. The minimum Gasteiger partial charge on any atom is -0.477 e. The van der Waals surface area contributed by atoms with Gasteiger partial charge < -0.3 is 15.4 Å². The van der Waals surface area contributed by atoms with Crippen LogP contribution in [0.5, 0.6) is 0 Å². The number of nitrogens with zero attached hydrogens (tertiary/aromatic N) is 1. The maximum Gasteiger partial charge on any atom is 0.352 e. The van der Waals surface area contributed by atoms with Crippen molar-refractivity contribution in [2.75, 3.05) is 0 Å². The number of fused-ring (bicyclic) bond motifs is 1. The van der Waals surface area contributed by atoms with Gasteiger partial charge in [0.25, 0.3) is 0 Å². The van der Waals surface area contributed by atoms with Gasteiger partial charge in [-0.15, -0.1) is 0 Å². The number of carboxylic acids is 1. The maximum absolute atomic E-state index is 11.5. The van der Waals surface area contributed by atoms with Crippen molar-refractivity contribution in [2.24, 2.45) is 5.73 Å². The largest absolute Gasteiger partial charge is 0.477 e. The highest BCUT2D eigenvalue weighted by Gasteiger charge is 2.14. The van der Waals surface area contributed by atoms with Gasteiger partial charge in [-0.3, -0.25) is 0 Å². The van der Waals surface area contributed by atoms with Crippen LogP contribution in [0.1, 0.15) is 21.6 Å². The lowest BCUT2D eigenvalue weighted by molar-refractivity contribution is 0.0686. The first-order valence-electron chi connectivity index (χ1n) is 6.76. The topological polar surface area (TPSA) is 68.2 Å². The van der Waals surface area contributed by atoms with Gasteiger partial charge in [-0.25, -0.2) is 4.79 Å². The Morgan fingerprint density at radius 3 is 2.64 bits per heavy atom. The lowest BCUT2D eigenvalue weighted by Crippen LogP contribution is -2.12. The Labute approximate surface area is 132 Å². The van der Waals surface area contributed by atoms with Gasteiger partial charge in [-0.2, -0.15) is 0 Å². The Kier molecular flexibility index (Phi) is 3.65. The number of aromatic nitrogens is 1. The average molecular weight is 310 g/mol. The maximum atomic E-state index is 11.5. The number of carboxylic acid groups (broad SMARTS) is 1. The Morgan fingerprint density at radius 1 is 1.14 bits per heavy atom. The van der Waals surface area contributed by atoms with Gasteiger partial charge in [-0.05, 0) is 23.8 Å². The molecule has 0 amide bonds. The van der Waals surface area contributed by atoms with Gasteiger partial charge >= 0.3 is 5.97 Å². The average Bonchev–Trinajstić information content (AvgIpc) is 2.87. The summed E-state index contributed by atoms with van der Waals surface area (Å²) in [7, 11) is 0. The molecule has 2 aromatic carbocycles. The summed E-state index contributed by atoms with van der Waals surface area (Å²) in [5.41, 5.74) is 8.54. The summed E-state index contributed by atoms with van der Waals surface area (Å²) < 4.78 is 1.79. The summed E-state index contributed by atoms with van der Waals surface area (Å²) in [4.78, 5) is 11.8. The summed E-state index contributed by atoms with van der Waals surface area (Å²) in [6.45, 7) is 0.450. The first kappa shape index (κ1) is 14.3. The van der Waals surface area contributed by atoms with Crippen molar-refractivity contribution in [1.29, 1.82) is 0 Å². The zero-order valence-corrected chi connectivity index (χ0v) is 12.5. The van der Waals surface area contributed by atoms with Crippen molar-refractivity contribution in [3.63, 3.8) is 0 Å². The van der Waals surface area contributed by atoms with E-state index >= 15 is 0 Å². The first-order valence-corrected chi connectivity index (χ1v) is 7.17. The molecule has 1 heterocycles. The van der Waals surface area contributed by atoms with E-state index in [-0.39, 0.29) is 5.69 Å². The van der Waals surface area contributed by atoms with Crippen LogP contribution in [-0.4, -0.2) is 20.6 Å². The van der Waals surface area contributed by atoms with Gasteiger partial charge in [0, 0.05) is 23.0 Å². The quantitative estimate of drug-likeness (QED) is 0.727. The highest BCUT2D eigenvalue weighted by atomic mass is 32.1. The van der Waals surface area contributed by atoms with Gasteiger partial charge in [0.15, 0.2) is 0 Å². The molecular weight excluding hydrogens is 296 g/mol. The second-order valence-electron chi connectivity index (χ2n) is 5.04. The molecule has 4 nitrogen and oxygen atoms in total. The molecule has 0 fully saturated rings. The van der Waals surface area contributed by atoms with Crippen molar-refractivity contribution < 1.29 is 9.90 Å². The SMILES string of the molecule is NC(=S)c1cccc(Cn2c(C(=O)O)cc3ccccc32)c1. The molecule has 1 aromatic heterocycles. The molecule has 110 valence electrons. The van der Waals surface area contributed by atoms with E-state index in [2.05, 4.69) is 0 Å². The lowest BCUT2D eigenvalue weighted by atomic mass is 10.1. The van der Waals surface area contributed by atoms with Crippen LogP contribution in [0.4, 0.5) is 0 Å². The van der Waals surface area contributed by atoms with E-state index in [9.17, 15) is 9.90 Å². The molecule has 0 atom stereocenters. The van der Waals surface area contributed by atoms with Crippen LogP contribution < -0.4 is 5.73 Å². The fraction of sp³-hybridized carbons (Fsp3) is 0.0588. The van der Waals surface area contributed by atoms with Crippen molar-refractivity contribution in [3.8, 4) is 0 Å². The van der Waals surface area contributed by atoms with E-state index in [0.29, 0.717) is 11.5 Å². The molecule has 0 saturated heterocycles. The third-order valence-corrected chi connectivity index (χ3v) is 3.82. The van der Waals surface area contributed by atoms with Crippen molar-refractivity contribution in [3.05, 3.63) is 71.4 Å². The Balaban J connectivity index is 2.10. The molecular formula is C17H14N2O2S. The number of para-hydroxylation sites is 1. The summed E-state index contributed by atoms with van der Waals surface area (Å²) in [6, 6.07) is 16.8. The predicted molar refractivity (Wildman–Crippen MR) is 90.3 cm³/mol. The molecule has 3 aromatic rings. The van der Waals surface area contributed by atoms with Crippen molar-refractivity contribution in [2.45, 2.75) is 6.54 Å². The van der Waals surface area contributed by atoms with Crippen molar-refractivity contribution >= 4 is 34.1 Å². The van der Waals surface area contributed by atoms with Crippen LogP contribution in [0, 0.1) is 0 Å². The number of hydrogen-bond donors (Lipinski definition) is 2. The van der Waals surface area contributed by atoms with Gasteiger partial charge in [0.1, 0.15) is 10.7 Å².